The van der Waals surface area contributed by atoms with Crippen LogP contribution in [0.15, 0.2) is 51.4 Å². The molecule has 3 aromatic rings. The molecule has 1 aliphatic heterocycles. The summed E-state index contributed by atoms with van der Waals surface area (Å²) in [6.45, 7) is 2.34. The minimum atomic E-state index is 0.249. The molecule has 8 heteroatoms. The third-order valence-corrected chi connectivity index (χ3v) is 6.08. The highest BCUT2D eigenvalue weighted by atomic mass is 35.5. The van der Waals surface area contributed by atoms with Crippen molar-refractivity contribution in [1.29, 1.82) is 0 Å². The van der Waals surface area contributed by atoms with E-state index < -0.39 is 0 Å². The summed E-state index contributed by atoms with van der Waals surface area (Å²) in [6, 6.07) is 9.07. The van der Waals surface area contributed by atoms with Crippen LogP contribution in [0.3, 0.4) is 0 Å². The lowest BCUT2D eigenvalue weighted by Crippen LogP contribution is -2.27. The molecule has 0 spiro atoms. The number of furan rings is 1. The van der Waals surface area contributed by atoms with Crippen LogP contribution in [0.1, 0.15) is 19.3 Å². The zero-order valence-corrected chi connectivity index (χ0v) is 17.4. The predicted molar refractivity (Wildman–Crippen MR) is 112 cm³/mol. The summed E-state index contributed by atoms with van der Waals surface area (Å²) >= 11 is 13.8. The molecular formula is C20H19Cl2N3O2S. The van der Waals surface area contributed by atoms with Crippen LogP contribution in [0.2, 0.25) is 10.0 Å². The van der Waals surface area contributed by atoms with Crippen molar-refractivity contribution in [1.82, 2.24) is 9.47 Å². The molecule has 0 bridgehead atoms. The molecule has 1 aliphatic rings. The largest absolute Gasteiger partial charge is 0.463 e. The van der Waals surface area contributed by atoms with Gasteiger partial charge in [-0.15, -0.1) is 11.3 Å². The molecule has 0 N–H and O–H groups in total. The summed E-state index contributed by atoms with van der Waals surface area (Å²) in [5.41, 5.74) is 1.63. The van der Waals surface area contributed by atoms with E-state index in [0.717, 1.165) is 48.7 Å². The second-order valence-electron chi connectivity index (χ2n) is 6.58. The third kappa shape index (κ3) is 4.19. The number of thiazole rings is 1. The molecule has 1 saturated heterocycles. The number of hydrogen-bond acceptors (Lipinski definition) is 4. The zero-order chi connectivity index (χ0) is 19.5. The number of hydrogen-bond donors (Lipinski definition) is 0. The highest BCUT2D eigenvalue weighted by Crippen LogP contribution is 2.28. The van der Waals surface area contributed by atoms with Crippen LogP contribution in [0, 0.1) is 0 Å². The molecule has 5 nitrogen and oxygen atoms in total. The molecule has 146 valence electrons. The fraction of sp³-hybridized carbons (Fsp3) is 0.300. The van der Waals surface area contributed by atoms with Gasteiger partial charge in [-0.1, -0.05) is 23.2 Å². The lowest BCUT2D eigenvalue weighted by atomic mass is 10.3. The monoisotopic (exact) mass is 435 g/mol. The molecule has 3 heterocycles. The van der Waals surface area contributed by atoms with Crippen molar-refractivity contribution in [2.45, 2.75) is 25.8 Å². The van der Waals surface area contributed by atoms with Gasteiger partial charge in [-0.05, 0) is 43.2 Å². The smallest absolute Gasteiger partial charge is 0.222 e. The third-order valence-electron chi connectivity index (χ3n) is 4.68. The zero-order valence-electron chi connectivity index (χ0n) is 15.1. The second kappa shape index (κ2) is 8.55. The average molecular weight is 436 g/mol. The van der Waals surface area contributed by atoms with Crippen LogP contribution in [-0.2, 0) is 11.3 Å². The first-order chi connectivity index (χ1) is 13.6. The molecule has 0 atom stereocenters. The van der Waals surface area contributed by atoms with Crippen molar-refractivity contribution >= 4 is 46.1 Å². The molecule has 0 saturated carbocycles. The Hall–Kier alpha value is -2.02. The molecule has 0 unspecified atom stereocenters. The molecular weight excluding hydrogens is 417 g/mol. The summed E-state index contributed by atoms with van der Waals surface area (Å²) in [7, 11) is 0. The highest BCUT2D eigenvalue weighted by molar-refractivity contribution is 7.07. The van der Waals surface area contributed by atoms with Gasteiger partial charge in [-0.25, -0.2) is 4.99 Å². The topological polar surface area (TPSA) is 50.7 Å². The van der Waals surface area contributed by atoms with Crippen molar-refractivity contribution in [3.63, 3.8) is 0 Å². The number of nitrogens with zero attached hydrogens (tertiary/aromatic N) is 3. The predicted octanol–water partition coefficient (Wildman–Crippen LogP) is 5.36. The Labute approximate surface area is 176 Å². The summed E-state index contributed by atoms with van der Waals surface area (Å²) in [4.78, 5) is 19.4. The summed E-state index contributed by atoms with van der Waals surface area (Å²) < 4.78 is 7.72. The molecule has 1 amide bonds. The van der Waals surface area contributed by atoms with Crippen molar-refractivity contribution in [2.24, 2.45) is 4.99 Å². The molecule has 0 aliphatic carbocycles. The maximum absolute atomic E-state index is 11.9. The van der Waals surface area contributed by atoms with Crippen molar-refractivity contribution in [3.05, 3.63) is 56.8 Å². The Morgan fingerprint density at radius 2 is 2.11 bits per heavy atom. The number of amides is 1. The van der Waals surface area contributed by atoms with Crippen LogP contribution in [0.25, 0.3) is 11.5 Å². The molecule has 2 aromatic heterocycles. The molecule has 1 fully saturated rings. The lowest BCUT2D eigenvalue weighted by Gasteiger charge is -2.16. The van der Waals surface area contributed by atoms with E-state index in [1.54, 1.807) is 18.4 Å². The van der Waals surface area contributed by atoms with Crippen LogP contribution in [0.4, 0.5) is 5.69 Å². The van der Waals surface area contributed by atoms with E-state index in [9.17, 15) is 4.79 Å². The van der Waals surface area contributed by atoms with E-state index in [-0.39, 0.29) is 5.91 Å². The molecule has 0 radical (unpaired) electrons. The fourth-order valence-corrected chi connectivity index (χ4v) is 4.67. The minimum absolute atomic E-state index is 0.249. The van der Waals surface area contributed by atoms with Crippen LogP contribution >= 0.6 is 34.5 Å². The number of aromatic nitrogens is 1. The van der Waals surface area contributed by atoms with Crippen LogP contribution < -0.4 is 4.80 Å². The molecule has 4 rings (SSSR count). The van der Waals surface area contributed by atoms with E-state index in [4.69, 9.17) is 32.6 Å². The van der Waals surface area contributed by atoms with E-state index >= 15 is 0 Å². The Morgan fingerprint density at radius 3 is 2.82 bits per heavy atom. The highest BCUT2D eigenvalue weighted by Gasteiger charge is 2.19. The van der Waals surface area contributed by atoms with Crippen LogP contribution in [0.5, 0.6) is 0 Å². The number of rotatable bonds is 6. The Kier molecular flexibility index (Phi) is 5.90. The van der Waals surface area contributed by atoms with Crippen molar-refractivity contribution in [3.8, 4) is 11.5 Å². The minimum Gasteiger partial charge on any atom is -0.463 e. The average Bonchev–Trinajstić information content (AvgIpc) is 3.40. The van der Waals surface area contributed by atoms with Gasteiger partial charge in [0.1, 0.15) is 0 Å². The van der Waals surface area contributed by atoms with Gasteiger partial charge in [-0.3, -0.25) is 4.79 Å². The Balaban J connectivity index is 1.64. The van der Waals surface area contributed by atoms with E-state index in [1.165, 1.54) is 11.3 Å². The van der Waals surface area contributed by atoms with Gasteiger partial charge in [0.25, 0.3) is 0 Å². The molecule has 1 aromatic carbocycles. The van der Waals surface area contributed by atoms with Gasteiger partial charge in [0, 0.05) is 36.5 Å². The first kappa shape index (κ1) is 19.3. The fourth-order valence-electron chi connectivity index (χ4n) is 3.29. The Morgan fingerprint density at radius 1 is 1.21 bits per heavy atom. The number of carbonyl (C=O) groups excluding carboxylic acids is 1. The SMILES string of the molecule is O=C1CCCN1CCCn1c(-c2ccco2)csc1=Nc1ccc(Cl)cc1Cl. The van der Waals surface area contributed by atoms with E-state index in [1.807, 2.05) is 28.5 Å². The Bertz CT molecular complexity index is 1040. The van der Waals surface area contributed by atoms with Gasteiger partial charge in [-0.2, -0.15) is 0 Å². The molecule has 28 heavy (non-hydrogen) atoms. The van der Waals surface area contributed by atoms with Gasteiger partial charge in [0.15, 0.2) is 10.6 Å². The summed E-state index contributed by atoms with van der Waals surface area (Å²) in [5, 5.41) is 3.12. The number of halogens is 2. The van der Waals surface area contributed by atoms with Gasteiger partial charge >= 0.3 is 0 Å². The van der Waals surface area contributed by atoms with E-state index in [0.29, 0.717) is 22.2 Å². The summed E-state index contributed by atoms with van der Waals surface area (Å²) in [5.74, 6) is 1.04. The van der Waals surface area contributed by atoms with Crippen molar-refractivity contribution in [2.75, 3.05) is 13.1 Å². The lowest BCUT2D eigenvalue weighted by molar-refractivity contribution is -0.127. The first-order valence-corrected chi connectivity index (χ1v) is 10.7. The quantitative estimate of drug-likeness (QED) is 0.522. The van der Waals surface area contributed by atoms with Gasteiger partial charge in [0.05, 0.1) is 22.7 Å². The van der Waals surface area contributed by atoms with Crippen LogP contribution in [-0.4, -0.2) is 28.5 Å². The first-order valence-electron chi connectivity index (χ1n) is 9.11. The van der Waals surface area contributed by atoms with Gasteiger partial charge < -0.3 is 13.9 Å². The number of likely N-dealkylation sites (tertiary alicyclic amines) is 1. The normalized spacial score (nSPS) is 15.0. The maximum Gasteiger partial charge on any atom is 0.222 e. The second-order valence-corrected chi connectivity index (χ2v) is 8.26. The standard InChI is InChI=1S/C20H19Cl2N3O2S/c21-14-6-7-16(15(22)12-14)23-20-25(10-3-9-24-8-1-5-19(24)26)17(13-28-20)18-4-2-11-27-18/h2,4,6-7,11-13H,1,3,5,8-10H2. The maximum atomic E-state index is 11.9. The number of benzene rings is 1. The van der Waals surface area contributed by atoms with Gasteiger partial charge in [0.2, 0.25) is 5.91 Å². The van der Waals surface area contributed by atoms with E-state index in [2.05, 4.69) is 4.57 Å². The summed E-state index contributed by atoms with van der Waals surface area (Å²) in [6.07, 6.45) is 4.13. The number of carbonyl (C=O) groups is 1. The van der Waals surface area contributed by atoms with Crippen molar-refractivity contribution < 1.29 is 9.21 Å².